The van der Waals surface area contributed by atoms with Gasteiger partial charge in [-0.1, -0.05) is 12.1 Å². The van der Waals surface area contributed by atoms with Gasteiger partial charge in [0.1, 0.15) is 5.60 Å². The van der Waals surface area contributed by atoms with Gasteiger partial charge in [-0.2, -0.15) is 0 Å². The van der Waals surface area contributed by atoms with Crippen LogP contribution >= 0.6 is 0 Å². The predicted molar refractivity (Wildman–Crippen MR) is 97.3 cm³/mol. The van der Waals surface area contributed by atoms with Crippen LogP contribution in [0.4, 0.5) is 0 Å². The number of carbonyl (C=O) groups is 1. The van der Waals surface area contributed by atoms with Crippen molar-refractivity contribution in [3.05, 3.63) is 99.1 Å². The van der Waals surface area contributed by atoms with E-state index in [2.05, 4.69) is 12.8 Å². The molecule has 2 saturated carbocycles. The van der Waals surface area contributed by atoms with Crippen LogP contribution in [0.5, 0.6) is 0 Å². The molecule has 0 bridgehead atoms. The second kappa shape index (κ2) is 13.0. The van der Waals surface area contributed by atoms with Crippen molar-refractivity contribution in [2.24, 2.45) is 0 Å². The molecule has 2 aliphatic rings. The summed E-state index contributed by atoms with van der Waals surface area (Å²) >= 11 is 0. The Bertz CT molecular complexity index is 490. The van der Waals surface area contributed by atoms with Gasteiger partial charge in [0.2, 0.25) is 0 Å². The molecule has 0 aromatic heterocycles. The number of rotatable bonds is 3. The Balaban J connectivity index is 0.000000774. The fourth-order valence-electron chi connectivity index (χ4n) is 2.18. The van der Waals surface area contributed by atoms with Crippen molar-refractivity contribution in [3.8, 4) is 0 Å². The van der Waals surface area contributed by atoms with Crippen molar-refractivity contribution in [1.82, 2.24) is 0 Å². The first-order valence-electron chi connectivity index (χ1n) is 8.13. The molecule has 2 nitrogen and oxygen atoms in total. The summed E-state index contributed by atoms with van der Waals surface area (Å²) < 4.78 is 5.33. The predicted octanol–water partition coefficient (Wildman–Crippen LogP) is 1.61. The Morgan fingerprint density at radius 3 is 1.73 bits per heavy atom. The van der Waals surface area contributed by atoms with Gasteiger partial charge in [0.25, 0.3) is 0 Å². The summed E-state index contributed by atoms with van der Waals surface area (Å²) in [7, 11) is 0. The maximum atomic E-state index is 11.9. The number of hydrogen-bond donors (Lipinski definition) is 0. The van der Waals surface area contributed by atoms with Gasteiger partial charge in [-0.3, -0.25) is 0 Å². The molecule has 2 fully saturated rings. The standard InChI is InChI=1S/C17H19O2.C5H5.ClH.Ti/c1-17(2,3)19-16(18)15-10-8-14(9-11-15)12-13-6-4-5-7-13;1-2-4-5-3-1;;/h4-11H,12H2,1-3H3;1-5H;1H;/q;;;+2/p-1. The van der Waals surface area contributed by atoms with Gasteiger partial charge in [-0.05, 0) is 109 Å². The van der Waals surface area contributed by atoms with E-state index < -0.39 is 5.60 Å². The zero-order valence-electron chi connectivity index (χ0n) is 15.4. The monoisotopic (exact) mass is 403 g/mol. The molecule has 4 heteroatoms. The van der Waals surface area contributed by atoms with Crippen molar-refractivity contribution in [3.63, 3.8) is 0 Å². The summed E-state index contributed by atoms with van der Waals surface area (Å²) in [5.41, 5.74) is 1.34. The van der Waals surface area contributed by atoms with Crippen LogP contribution in [0, 0.1) is 63.7 Å². The molecule has 0 saturated heterocycles. The first-order chi connectivity index (χ1) is 11.4. The zero-order valence-corrected chi connectivity index (χ0v) is 17.7. The zero-order chi connectivity index (χ0) is 17.4. The first-order valence-corrected chi connectivity index (χ1v) is 8.13. The molecule has 0 spiro atoms. The third-order valence-electron chi connectivity index (χ3n) is 3.28. The molecular formula is C22H24ClO2Ti+. The van der Waals surface area contributed by atoms with Crippen molar-refractivity contribution < 1.29 is 43.7 Å². The number of carbonyl (C=O) groups excluding carboxylic acids is 1. The smallest absolute Gasteiger partial charge is 1.00 e. The van der Waals surface area contributed by atoms with Gasteiger partial charge in [-0.25, -0.2) is 4.79 Å². The second-order valence-corrected chi connectivity index (χ2v) is 6.63. The van der Waals surface area contributed by atoms with E-state index in [4.69, 9.17) is 4.74 Å². The number of halogens is 1. The fraction of sp³-hybridized carbons (Fsp3) is 0.227. The van der Waals surface area contributed by atoms with E-state index in [1.54, 1.807) is 0 Å². The molecule has 2 aliphatic carbocycles. The van der Waals surface area contributed by atoms with Crippen molar-refractivity contribution >= 4 is 5.97 Å². The van der Waals surface area contributed by atoms with Crippen LogP contribution < -0.4 is 12.4 Å². The minimum atomic E-state index is -0.453. The molecule has 1 aromatic carbocycles. The Hall–Kier alpha value is -0.306. The van der Waals surface area contributed by atoms with Crippen LogP contribution in [0.15, 0.2) is 24.3 Å². The molecule has 26 heavy (non-hydrogen) atoms. The summed E-state index contributed by atoms with van der Waals surface area (Å²) in [6.45, 7) is 5.61. The van der Waals surface area contributed by atoms with E-state index in [9.17, 15) is 4.79 Å². The molecule has 134 valence electrons. The second-order valence-electron chi connectivity index (χ2n) is 6.63. The van der Waals surface area contributed by atoms with Gasteiger partial charge in [0.15, 0.2) is 0 Å². The number of benzene rings is 1. The van der Waals surface area contributed by atoms with Crippen LogP contribution in [0.1, 0.15) is 36.7 Å². The molecule has 3 rings (SSSR count). The SMILES string of the molecule is CC(C)(C)OC(=O)c1ccc(C[C]2[CH][CH][CH][CH]2)cc1.[CH]1[CH][CH][CH][CH]1.[Cl-].[Ti+2]. The maximum Gasteiger partial charge on any atom is 2.00 e. The first kappa shape index (κ1) is 25.7. The van der Waals surface area contributed by atoms with E-state index in [-0.39, 0.29) is 40.1 Å². The van der Waals surface area contributed by atoms with E-state index >= 15 is 0 Å². The van der Waals surface area contributed by atoms with E-state index in [0.717, 1.165) is 6.42 Å². The third kappa shape index (κ3) is 10.1. The van der Waals surface area contributed by atoms with Gasteiger partial charge in [-0.15, -0.1) is 0 Å². The van der Waals surface area contributed by atoms with Crippen LogP contribution in [0.25, 0.3) is 0 Å². The quantitative estimate of drug-likeness (QED) is 0.566. The molecule has 10 radical (unpaired) electrons. The molecule has 0 heterocycles. The topological polar surface area (TPSA) is 26.3 Å². The fourth-order valence-corrected chi connectivity index (χ4v) is 2.18. The van der Waals surface area contributed by atoms with Crippen LogP contribution in [0.2, 0.25) is 0 Å². The average Bonchev–Trinajstić information content (AvgIpc) is 3.22. The molecule has 1 aromatic rings. The molecule has 0 N–H and O–H groups in total. The van der Waals surface area contributed by atoms with Gasteiger partial charge < -0.3 is 17.1 Å². The summed E-state index contributed by atoms with van der Waals surface area (Å²) in [4.78, 5) is 11.9. The van der Waals surface area contributed by atoms with E-state index in [1.165, 1.54) is 11.5 Å². The molecule has 0 unspecified atom stereocenters. The average molecular weight is 404 g/mol. The summed E-state index contributed by atoms with van der Waals surface area (Å²) in [6.07, 6.45) is 19.2. The molecule has 0 aliphatic heterocycles. The Morgan fingerprint density at radius 2 is 1.31 bits per heavy atom. The minimum absolute atomic E-state index is 0. The number of hydrogen-bond acceptors (Lipinski definition) is 2. The molecule has 0 atom stereocenters. The normalized spacial score (nSPS) is 16.7. The van der Waals surface area contributed by atoms with Gasteiger partial charge in [0, 0.05) is 0 Å². The van der Waals surface area contributed by atoms with Crippen LogP contribution in [0.3, 0.4) is 0 Å². The van der Waals surface area contributed by atoms with Crippen molar-refractivity contribution in [1.29, 1.82) is 0 Å². The van der Waals surface area contributed by atoms with Crippen LogP contribution in [-0.2, 0) is 32.9 Å². The third-order valence-corrected chi connectivity index (χ3v) is 3.28. The minimum Gasteiger partial charge on any atom is -1.00 e. The van der Waals surface area contributed by atoms with Crippen molar-refractivity contribution in [2.45, 2.75) is 32.8 Å². The Kier molecular flexibility index (Phi) is 12.8. The number of ether oxygens (including phenoxy) is 1. The van der Waals surface area contributed by atoms with Gasteiger partial charge in [0.05, 0.1) is 5.56 Å². The molecule has 0 amide bonds. The van der Waals surface area contributed by atoms with Crippen LogP contribution in [-0.4, -0.2) is 11.6 Å². The van der Waals surface area contributed by atoms with E-state index in [1.807, 2.05) is 90.0 Å². The largest absolute Gasteiger partial charge is 2.00 e. The van der Waals surface area contributed by atoms with E-state index in [0.29, 0.717) is 5.56 Å². The summed E-state index contributed by atoms with van der Waals surface area (Å²) in [6, 6.07) is 7.61. The number of esters is 1. The maximum absolute atomic E-state index is 11.9. The van der Waals surface area contributed by atoms with Gasteiger partial charge >= 0.3 is 27.7 Å². The summed E-state index contributed by atoms with van der Waals surface area (Å²) in [5.74, 6) is 1.01. The summed E-state index contributed by atoms with van der Waals surface area (Å²) in [5, 5.41) is 0. The Morgan fingerprint density at radius 1 is 0.846 bits per heavy atom. The van der Waals surface area contributed by atoms with Crippen molar-refractivity contribution in [2.75, 3.05) is 0 Å². The molecular weight excluding hydrogens is 380 g/mol. The Labute approximate surface area is 181 Å².